The monoisotopic (exact) mass is 198 g/mol. The lowest BCUT2D eigenvalue weighted by molar-refractivity contribution is 0.343. The SMILES string of the molecule is CSc1ncc(C=CCO)c(=O)[nH]1. The molecule has 4 nitrogen and oxygen atoms in total. The maximum atomic E-state index is 11.3. The molecule has 0 saturated heterocycles. The van der Waals surface area contributed by atoms with Crippen molar-refractivity contribution in [2.24, 2.45) is 0 Å². The Labute approximate surface area is 79.7 Å². The Kier molecular flexibility index (Phi) is 3.72. The van der Waals surface area contributed by atoms with Gasteiger partial charge >= 0.3 is 0 Å². The Balaban J connectivity index is 2.99. The van der Waals surface area contributed by atoms with E-state index in [-0.39, 0.29) is 12.2 Å². The average molecular weight is 198 g/mol. The fourth-order valence-electron chi connectivity index (χ4n) is 0.790. The highest BCUT2D eigenvalue weighted by atomic mass is 32.2. The summed E-state index contributed by atoms with van der Waals surface area (Å²) in [7, 11) is 0. The van der Waals surface area contributed by atoms with E-state index in [0.717, 1.165) is 0 Å². The van der Waals surface area contributed by atoms with Crippen molar-refractivity contribution in [3.05, 3.63) is 28.2 Å². The highest BCUT2D eigenvalue weighted by Gasteiger charge is 1.97. The van der Waals surface area contributed by atoms with Crippen LogP contribution in [0.25, 0.3) is 6.08 Å². The molecule has 1 heterocycles. The minimum atomic E-state index is -0.191. The van der Waals surface area contributed by atoms with Crippen molar-refractivity contribution in [2.75, 3.05) is 12.9 Å². The Morgan fingerprint density at radius 3 is 3.08 bits per heavy atom. The van der Waals surface area contributed by atoms with E-state index >= 15 is 0 Å². The molecule has 0 bridgehead atoms. The lowest BCUT2D eigenvalue weighted by Crippen LogP contribution is -2.10. The van der Waals surface area contributed by atoms with Crippen molar-refractivity contribution >= 4 is 17.8 Å². The van der Waals surface area contributed by atoms with Gasteiger partial charge in [-0.15, -0.1) is 0 Å². The summed E-state index contributed by atoms with van der Waals surface area (Å²) >= 11 is 1.38. The number of nitrogens with zero attached hydrogens (tertiary/aromatic N) is 1. The summed E-state index contributed by atoms with van der Waals surface area (Å²) in [6.45, 7) is -0.0796. The van der Waals surface area contributed by atoms with Crippen LogP contribution in [0.5, 0.6) is 0 Å². The van der Waals surface area contributed by atoms with Crippen LogP contribution < -0.4 is 5.56 Å². The molecule has 0 aliphatic carbocycles. The number of hydrogen-bond donors (Lipinski definition) is 2. The van der Waals surface area contributed by atoms with Crippen LogP contribution in [0, 0.1) is 0 Å². The molecule has 0 atom stereocenters. The number of aromatic nitrogens is 2. The van der Waals surface area contributed by atoms with Gasteiger partial charge in [-0.1, -0.05) is 17.8 Å². The first-order valence-electron chi connectivity index (χ1n) is 3.68. The topological polar surface area (TPSA) is 66.0 Å². The predicted octanol–water partition coefficient (Wildman–Crippen LogP) is 0.497. The van der Waals surface area contributed by atoms with Crippen LogP contribution in [0.15, 0.2) is 22.2 Å². The van der Waals surface area contributed by atoms with E-state index in [1.54, 1.807) is 0 Å². The Bertz CT molecular complexity index is 359. The predicted molar refractivity (Wildman–Crippen MR) is 52.8 cm³/mol. The smallest absolute Gasteiger partial charge is 0.258 e. The standard InChI is InChI=1S/C8H10N2O2S/c1-13-8-9-5-6(3-2-4-11)7(12)10-8/h2-3,5,11H,4H2,1H3,(H,9,10,12). The molecule has 1 aromatic rings. The quantitative estimate of drug-likeness (QED) is 0.548. The summed E-state index contributed by atoms with van der Waals surface area (Å²) < 4.78 is 0. The molecule has 2 N–H and O–H groups in total. The second kappa shape index (κ2) is 4.84. The van der Waals surface area contributed by atoms with Crippen molar-refractivity contribution in [3.63, 3.8) is 0 Å². The third-order valence-electron chi connectivity index (χ3n) is 1.40. The Hall–Kier alpha value is -1.07. The van der Waals surface area contributed by atoms with Gasteiger partial charge in [-0.2, -0.15) is 0 Å². The van der Waals surface area contributed by atoms with Gasteiger partial charge in [0, 0.05) is 6.20 Å². The minimum absolute atomic E-state index is 0.0796. The Morgan fingerprint density at radius 2 is 2.54 bits per heavy atom. The number of hydrogen-bond acceptors (Lipinski definition) is 4. The number of nitrogens with one attached hydrogen (secondary N) is 1. The molecule has 0 aromatic carbocycles. The molecule has 0 aliphatic heterocycles. The first kappa shape index (κ1) is 10.0. The van der Waals surface area contributed by atoms with Gasteiger partial charge in [0.05, 0.1) is 12.2 Å². The molecule has 5 heteroatoms. The van der Waals surface area contributed by atoms with Crippen molar-refractivity contribution in [1.82, 2.24) is 9.97 Å². The van der Waals surface area contributed by atoms with Crippen LogP contribution in [0.4, 0.5) is 0 Å². The molecule has 0 unspecified atom stereocenters. The zero-order valence-electron chi connectivity index (χ0n) is 7.15. The largest absolute Gasteiger partial charge is 0.392 e. The van der Waals surface area contributed by atoms with Crippen molar-refractivity contribution in [2.45, 2.75) is 5.16 Å². The molecule has 0 amide bonds. The van der Waals surface area contributed by atoms with E-state index in [1.807, 2.05) is 6.26 Å². The van der Waals surface area contributed by atoms with Gasteiger partial charge in [-0.25, -0.2) is 4.98 Å². The van der Waals surface area contributed by atoms with Gasteiger partial charge in [0.15, 0.2) is 5.16 Å². The third-order valence-corrected chi connectivity index (χ3v) is 1.99. The summed E-state index contributed by atoms with van der Waals surface area (Å²) in [5.74, 6) is 0. The van der Waals surface area contributed by atoms with Gasteiger partial charge in [0.25, 0.3) is 5.56 Å². The molecular formula is C8H10N2O2S. The molecule has 0 fully saturated rings. The van der Waals surface area contributed by atoms with Crippen molar-refractivity contribution in [3.8, 4) is 0 Å². The summed E-state index contributed by atoms with van der Waals surface area (Å²) in [5.41, 5.74) is 0.260. The zero-order chi connectivity index (χ0) is 9.68. The summed E-state index contributed by atoms with van der Waals surface area (Å²) in [5, 5.41) is 9.08. The summed E-state index contributed by atoms with van der Waals surface area (Å²) in [4.78, 5) is 17.8. The van der Waals surface area contributed by atoms with Gasteiger partial charge in [0.2, 0.25) is 0 Å². The normalized spacial score (nSPS) is 10.9. The molecule has 1 aromatic heterocycles. The molecule has 0 saturated carbocycles. The second-order valence-electron chi connectivity index (χ2n) is 2.26. The zero-order valence-corrected chi connectivity index (χ0v) is 7.97. The van der Waals surface area contributed by atoms with Crippen molar-refractivity contribution < 1.29 is 5.11 Å². The second-order valence-corrected chi connectivity index (χ2v) is 3.06. The average Bonchev–Trinajstić information content (AvgIpc) is 2.16. The highest BCUT2D eigenvalue weighted by Crippen LogP contribution is 2.04. The van der Waals surface area contributed by atoms with Gasteiger partial charge in [-0.05, 0) is 12.3 Å². The third kappa shape index (κ3) is 2.71. The molecule has 0 spiro atoms. The van der Waals surface area contributed by atoms with E-state index in [9.17, 15) is 4.79 Å². The number of aromatic amines is 1. The van der Waals surface area contributed by atoms with E-state index in [4.69, 9.17) is 5.11 Å². The molecule has 0 aliphatic rings. The van der Waals surface area contributed by atoms with E-state index in [2.05, 4.69) is 9.97 Å². The number of aliphatic hydroxyl groups excluding tert-OH is 1. The highest BCUT2D eigenvalue weighted by molar-refractivity contribution is 7.98. The van der Waals surface area contributed by atoms with Crippen LogP contribution in [0.2, 0.25) is 0 Å². The Morgan fingerprint density at radius 1 is 1.77 bits per heavy atom. The number of rotatable bonds is 3. The first-order valence-corrected chi connectivity index (χ1v) is 4.91. The molecule has 1 rings (SSSR count). The fraction of sp³-hybridized carbons (Fsp3) is 0.250. The van der Waals surface area contributed by atoms with Gasteiger partial charge in [-0.3, -0.25) is 4.79 Å². The van der Waals surface area contributed by atoms with E-state index in [1.165, 1.54) is 30.1 Å². The summed E-state index contributed by atoms with van der Waals surface area (Å²) in [6, 6.07) is 0. The molecule has 70 valence electrons. The minimum Gasteiger partial charge on any atom is -0.392 e. The van der Waals surface area contributed by atoms with Crippen molar-refractivity contribution in [1.29, 1.82) is 0 Å². The van der Waals surface area contributed by atoms with Crippen LogP contribution in [-0.2, 0) is 0 Å². The first-order chi connectivity index (χ1) is 6.27. The number of H-pyrrole nitrogens is 1. The number of aliphatic hydroxyl groups is 1. The van der Waals surface area contributed by atoms with Crippen LogP contribution >= 0.6 is 11.8 Å². The molecular weight excluding hydrogens is 188 g/mol. The maximum Gasteiger partial charge on any atom is 0.258 e. The van der Waals surface area contributed by atoms with Gasteiger partial charge in [0.1, 0.15) is 0 Å². The molecule has 13 heavy (non-hydrogen) atoms. The summed E-state index contributed by atoms with van der Waals surface area (Å²) in [6.07, 6.45) is 6.35. The number of thioether (sulfide) groups is 1. The lowest BCUT2D eigenvalue weighted by atomic mass is 10.3. The van der Waals surface area contributed by atoms with Gasteiger partial charge < -0.3 is 10.1 Å². The molecule has 0 radical (unpaired) electrons. The van der Waals surface area contributed by atoms with E-state index in [0.29, 0.717) is 10.7 Å². The van der Waals surface area contributed by atoms with Crippen LogP contribution in [0.1, 0.15) is 5.56 Å². The lowest BCUT2D eigenvalue weighted by Gasteiger charge is -1.95. The fourth-order valence-corrected chi connectivity index (χ4v) is 1.14. The van der Waals surface area contributed by atoms with E-state index < -0.39 is 0 Å². The van der Waals surface area contributed by atoms with Crippen LogP contribution in [-0.4, -0.2) is 27.9 Å². The maximum absolute atomic E-state index is 11.3. The van der Waals surface area contributed by atoms with Crippen LogP contribution in [0.3, 0.4) is 0 Å².